The van der Waals surface area contributed by atoms with E-state index in [1.165, 1.54) is 0 Å². The van der Waals surface area contributed by atoms with Crippen molar-refractivity contribution < 1.29 is 4.79 Å². The summed E-state index contributed by atoms with van der Waals surface area (Å²) in [7, 11) is 0. The van der Waals surface area contributed by atoms with E-state index in [1.807, 2.05) is 6.92 Å². The molecule has 0 aromatic carbocycles. The molecule has 1 rings (SSSR count). The second kappa shape index (κ2) is 7.00. The zero-order valence-electron chi connectivity index (χ0n) is 9.70. The van der Waals surface area contributed by atoms with Crippen molar-refractivity contribution in [3.63, 3.8) is 0 Å². The van der Waals surface area contributed by atoms with Gasteiger partial charge >= 0.3 is 0 Å². The molecule has 0 fully saturated rings. The Morgan fingerprint density at radius 3 is 3.12 bits per heavy atom. The molecule has 1 heterocycles. The number of hydrogen-bond donors (Lipinski definition) is 3. The average Bonchev–Trinajstić information content (AvgIpc) is 2.78. The van der Waals surface area contributed by atoms with E-state index in [9.17, 15) is 4.79 Å². The van der Waals surface area contributed by atoms with E-state index in [2.05, 4.69) is 15.3 Å². The maximum atomic E-state index is 11.6. The van der Waals surface area contributed by atoms with Gasteiger partial charge in [0.2, 0.25) is 5.91 Å². The Kier molecular flexibility index (Phi) is 5.56. The van der Waals surface area contributed by atoms with Crippen molar-refractivity contribution >= 4 is 5.91 Å². The summed E-state index contributed by atoms with van der Waals surface area (Å²) in [6.07, 6.45) is 5.95. The number of amides is 1. The fraction of sp³-hybridized carbons (Fsp3) is 0.636. The summed E-state index contributed by atoms with van der Waals surface area (Å²) in [4.78, 5) is 18.5. The number of aromatic amines is 1. The lowest BCUT2D eigenvalue weighted by Crippen LogP contribution is -2.31. The first-order chi connectivity index (χ1) is 7.74. The van der Waals surface area contributed by atoms with Crippen LogP contribution in [0.5, 0.6) is 0 Å². The highest BCUT2D eigenvalue weighted by atomic mass is 16.1. The molecular formula is C11H20N4O. The summed E-state index contributed by atoms with van der Waals surface area (Å²) in [6.45, 7) is 3.22. The van der Waals surface area contributed by atoms with E-state index in [-0.39, 0.29) is 11.8 Å². The highest BCUT2D eigenvalue weighted by Gasteiger charge is 2.11. The van der Waals surface area contributed by atoms with Crippen LogP contribution in [0.25, 0.3) is 0 Å². The van der Waals surface area contributed by atoms with Crippen LogP contribution >= 0.6 is 0 Å². The summed E-state index contributed by atoms with van der Waals surface area (Å²) in [5.41, 5.74) is 6.44. The molecule has 0 aliphatic heterocycles. The molecule has 16 heavy (non-hydrogen) atoms. The Balaban J connectivity index is 2.14. The minimum Gasteiger partial charge on any atom is -0.355 e. The summed E-state index contributed by atoms with van der Waals surface area (Å²) in [5, 5.41) is 2.90. The second-order valence-electron chi connectivity index (χ2n) is 3.95. The molecule has 1 atom stereocenters. The summed E-state index contributed by atoms with van der Waals surface area (Å²) < 4.78 is 0. The molecule has 90 valence electrons. The Labute approximate surface area is 95.8 Å². The van der Waals surface area contributed by atoms with Gasteiger partial charge in [0.05, 0.1) is 6.33 Å². The van der Waals surface area contributed by atoms with Gasteiger partial charge in [-0.25, -0.2) is 4.98 Å². The number of H-pyrrole nitrogens is 1. The van der Waals surface area contributed by atoms with Crippen LogP contribution in [-0.2, 0) is 11.2 Å². The van der Waals surface area contributed by atoms with E-state index in [4.69, 9.17) is 5.73 Å². The van der Waals surface area contributed by atoms with Crippen molar-refractivity contribution in [2.45, 2.75) is 26.2 Å². The molecule has 1 amide bonds. The van der Waals surface area contributed by atoms with Crippen LogP contribution in [0.2, 0.25) is 0 Å². The molecule has 4 N–H and O–H groups in total. The van der Waals surface area contributed by atoms with E-state index in [1.54, 1.807) is 12.5 Å². The zero-order chi connectivity index (χ0) is 11.8. The van der Waals surface area contributed by atoms with Crippen molar-refractivity contribution in [3.8, 4) is 0 Å². The molecule has 0 aliphatic rings. The van der Waals surface area contributed by atoms with Crippen LogP contribution < -0.4 is 11.1 Å². The quantitative estimate of drug-likeness (QED) is 0.628. The first kappa shape index (κ1) is 12.7. The Hall–Kier alpha value is -1.36. The van der Waals surface area contributed by atoms with E-state index < -0.39 is 0 Å². The fourth-order valence-electron chi connectivity index (χ4n) is 1.47. The summed E-state index contributed by atoms with van der Waals surface area (Å²) in [6, 6.07) is 0. The molecule has 5 nitrogen and oxygen atoms in total. The highest BCUT2D eigenvalue weighted by molar-refractivity contribution is 5.78. The fourth-order valence-corrected chi connectivity index (χ4v) is 1.47. The molecule has 0 bridgehead atoms. The molecular weight excluding hydrogens is 204 g/mol. The lowest BCUT2D eigenvalue weighted by Gasteiger charge is -2.10. The SMILES string of the molecule is CC(CCCN)C(=O)NCCc1cnc[nH]1. The molecule has 0 aliphatic carbocycles. The van der Waals surface area contributed by atoms with Crippen LogP contribution in [0.3, 0.4) is 0 Å². The van der Waals surface area contributed by atoms with Gasteiger partial charge in [-0.15, -0.1) is 0 Å². The third kappa shape index (κ3) is 4.44. The van der Waals surface area contributed by atoms with Gasteiger partial charge in [-0.1, -0.05) is 6.92 Å². The summed E-state index contributed by atoms with van der Waals surface area (Å²) in [5.74, 6) is 0.151. The Morgan fingerprint density at radius 2 is 2.50 bits per heavy atom. The Bertz CT molecular complexity index is 297. The van der Waals surface area contributed by atoms with Crippen LogP contribution in [0.4, 0.5) is 0 Å². The predicted octanol–water partition coefficient (Wildman–Crippen LogP) is 0.443. The van der Waals surface area contributed by atoms with Crippen molar-refractivity contribution in [1.29, 1.82) is 0 Å². The smallest absolute Gasteiger partial charge is 0.222 e. The molecule has 5 heteroatoms. The number of nitrogens with two attached hydrogens (primary N) is 1. The first-order valence-electron chi connectivity index (χ1n) is 5.69. The minimum atomic E-state index is 0.0466. The molecule has 1 unspecified atom stereocenters. The van der Waals surface area contributed by atoms with E-state index in [0.717, 1.165) is 25.0 Å². The van der Waals surface area contributed by atoms with Gasteiger partial charge in [0.25, 0.3) is 0 Å². The Morgan fingerprint density at radius 1 is 1.69 bits per heavy atom. The normalized spacial score (nSPS) is 12.4. The zero-order valence-corrected chi connectivity index (χ0v) is 9.70. The van der Waals surface area contributed by atoms with E-state index >= 15 is 0 Å². The molecule has 1 aromatic heterocycles. The maximum Gasteiger partial charge on any atom is 0.222 e. The number of hydrogen-bond acceptors (Lipinski definition) is 3. The molecule has 0 saturated heterocycles. The first-order valence-corrected chi connectivity index (χ1v) is 5.69. The molecule has 1 aromatic rings. The van der Waals surface area contributed by atoms with Gasteiger partial charge in [-0.2, -0.15) is 0 Å². The van der Waals surface area contributed by atoms with Crippen molar-refractivity contribution in [2.24, 2.45) is 11.7 Å². The van der Waals surface area contributed by atoms with Gasteiger partial charge in [-0.05, 0) is 19.4 Å². The predicted molar refractivity (Wildman–Crippen MR) is 62.8 cm³/mol. The van der Waals surface area contributed by atoms with Gasteiger partial charge in [-0.3, -0.25) is 4.79 Å². The van der Waals surface area contributed by atoms with Gasteiger partial charge in [0, 0.05) is 30.8 Å². The van der Waals surface area contributed by atoms with Crippen molar-refractivity contribution in [2.75, 3.05) is 13.1 Å². The third-order valence-corrected chi connectivity index (χ3v) is 2.54. The van der Waals surface area contributed by atoms with Gasteiger partial charge in [0.15, 0.2) is 0 Å². The van der Waals surface area contributed by atoms with Crippen LogP contribution in [0, 0.1) is 5.92 Å². The third-order valence-electron chi connectivity index (χ3n) is 2.54. The standard InChI is InChI=1S/C11H20N4O/c1-9(3-2-5-12)11(16)14-6-4-10-7-13-8-15-10/h7-9H,2-6,12H2,1H3,(H,13,15)(H,14,16). The largest absolute Gasteiger partial charge is 0.355 e. The molecule has 0 saturated carbocycles. The lowest BCUT2D eigenvalue weighted by molar-refractivity contribution is -0.124. The summed E-state index contributed by atoms with van der Waals surface area (Å²) >= 11 is 0. The number of aromatic nitrogens is 2. The van der Waals surface area contributed by atoms with Crippen molar-refractivity contribution in [1.82, 2.24) is 15.3 Å². The molecule has 0 spiro atoms. The highest BCUT2D eigenvalue weighted by Crippen LogP contribution is 2.04. The number of carbonyl (C=O) groups excluding carboxylic acids is 1. The monoisotopic (exact) mass is 224 g/mol. The van der Waals surface area contributed by atoms with Crippen LogP contribution in [-0.4, -0.2) is 29.0 Å². The van der Waals surface area contributed by atoms with Crippen LogP contribution in [0.15, 0.2) is 12.5 Å². The number of nitrogens with zero attached hydrogens (tertiary/aromatic N) is 1. The molecule has 0 radical (unpaired) electrons. The number of imidazole rings is 1. The van der Waals surface area contributed by atoms with E-state index in [0.29, 0.717) is 13.1 Å². The van der Waals surface area contributed by atoms with Crippen LogP contribution in [0.1, 0.15) is 25.5 Å². The van der Waals surface area contributed by atoms with Gasteiger partial charge in [0.1, 0.15) is 0 Å². The lowest BCUT2D eigenvalue weighted by atomic mass is 10.1. The van der Waals surface area contributed by atoms with Crippen molar-refractivity contribution in [3.05, 3.63) is 18.2 Å². The number of carbonyl (C=O) groups is 1. The maximum absolute atomic E-state index is 11.6. The minimum absolute atomic E-state index is 0.0466. The van der Waals surface area contributed by atoms with Gasteiger partial charge < -0.3 is 16.0 Å². The average molecular weight is 224 g/mol. The number of rotatable bonds is 7. The second-order valence-corrected chi connectivity index (χ2v) is 3.95. The number of nitrogens with one attached hydrogen (secondary N) is 2. The topological polar surface area (TPSA) is 83.8 Å².